The Bertz CT molecular complexity index is 314. The van der Waals surface area contributed by atoms with Gasteiger partial charge in [-0.1, -0.05) is 33.6 Å². The quantitative estimate of drug-likeness (QED) is 0.671. The van der Waals surface area contributed by atoms with Gasteiger partial charge < -0.3 is 29.8 Å². The Morgan fingerprint density at radius 2 is 1.29 bits per heavy atom. The maximum absolute atomic E-state index is 2.20. The van der Waals surface area contributed by atoms with E-state index in [-0.39, 0.29) is 16.8 Å². The first-order chi connectivity index (χ1) is 7.61. The summed E-state index contributed by atoms with van der Waals surface area (Å²) in [6.07, 6.45) is 0. The molecule has 0 aliphatic rings. The Labute approximate surface area is 116 Å². The van der Waals surface area contributed by atoms with Crippen molar-refractivity contribution >= 4 is 0 Å². The summed E-state index contributed by atoms with van der Waals surface area (Å²) < 4.78 is 0. The maximum atomic E-state index is 2.20. The average Bonchev–Trinajstić information content (AvgIpc) is 2.93. The molecule has 0 saturated heterocycles. The third kappa shape index (κ3) is 5.90. The fourth-order valence-electron chi connectivity index (χ4n) is 1.55. The van der Waals surface area contributed by atoms with E-state index >= 15 is 0 Å². The van der Waals surface area contributed by atoms with E-state index in [4.69, 9.17) is 0 Å². The zero-order valence-corrected chi connectivity index (χ0v) is 12.1. The van der Waals surface area contributed by atoms with Gasteiger partial charge >= 0.3 is 0 Å². The van der Waals surface area contributed by atoms with Crippen molar-refractivity contribution in [1.29, 1.82) is 0 Å². The van der Waals surface area contributed by atoms with Gasteiger partial charge in [0.15, 0.2) is 0 Å². The van der Waals surface area contributed by atoms with Gasteiger partial charge in [-0.15, -0.1) is 0 Å². The van der Waals surface area contributed by atoms with E-state index < -0.39 is 0 Å². The van der Waals surface area contributed by atoms with Crippen LogP contribution in [-0.2, 0) is 16.8 Å². The smallest absolute Gasteiger partial charge is 0 e. The first-order valence-corrected chi connectivity index (χ1v) is 6.04. The van der Waals surface area contributed by atoms with Gasteiger partial charge in [-0.3, -0.25) is 0 Å². The summed E-state index contributed by atoms with van der Waals surface area (Å²) in [5.41, 5.74) is 2.87. The largest absolute Gasteiger partial charge is 0.748 e. The molecule has 2 rings (SSSR count). The molecular formula is C16H22Co-6. The molecule has 1 radical (unpaired) electrons. The van der Waals surface area contributed by atoms with Gasteiger partial charge in [0.05, 0.1) is 0 Å². The molecule has 0 spiro atoms. The molecule has 0 aliphatic carbocycles. The SMILES string of the molecule is CC(C)[c-]1[cH-][cH-][cH-][cH-]1.CC(C)[c-]1cccc1.[Co]. The second-order valence-corrected chi connectivity index (χ2v) is 4.75. The van der Waals surface area contributed by atoms with Gasteiger partial charge in [0.25, 0.3) is 0 Å². The Morgan fingerprint density at radius 3 is 1.53 bits per heavy atom. The van der Waals surface area contributed by atoms with E-state index in [1.807, 2.05) is 0 Å². The number of hydrogen-bond acceptors (Lipinski definition) is 0. The van der Waals surface area contributed by atoms with Gasteiger partial charge in [-0.05, 0) is 0 Å². The first kappa shape index (κ1) is 16.2. The van der Waals surface area contributed by atoms with Gasteiger partial charge in [-0.25, -0.2) is 18.1 Å². The fourth-order valence-corrected chi connectivity index (χ4v) is 1.55. The van der Waals surface area contributed by atoms with Gasteiger partial charge in [0.1, 0.15) is 0 Å². The van der Waals surface area contributed by atoms with Gasteiger partial charge in [0, 0.05) is 16.8 Å². The summed E-state index contributed by atoms with van der Waals surface area (Å²) in [6, 6.07) is 16.9. The predicted octanol–water partition coefficient (Wildman–Crippen LogP) is 5.06. The van der Waals surface area contributed by atoms with E-state index in [0.29, 0.717) is 11.8 Å². The van der Waals surface area contributed by atoms with E-state index in [1.54, 1.807) is 0 Å². The van der Waals surface area contributed by atoms with Crippen LogP contribution >= 0.6 is 0 Å². The molecule has 0 amide bonds. The van der Waals surface area contributed by atoms with Crippen LogP contribution in [0.4, 0.5) is 0 Å². The zero-order valence-electron chi connectivity index (χ0n) is 11.1. The standard InChI is InChI=1S/2C8H11.Co/c2*1-7(2)8-5-3-4-6-8;/h2*3-7H,1-2H3;/q-5;-1;. The number of hydrogen-bond donors (Lipinski definition) is 0. The minimum Gasteiger partial charge on any atom is -0.748 e. The molecule has 0 nitrogen and oxygen atoms in total. The second-order valence-electron chi connectivity index (χ2n) is 4.75. The Hall–Kier alpha value is -0.794. The zero-order chi connectivity index (χ0) is 12.0. The summed E-state index contributed by atoms with van der Waals surface area (Å²) in [5.74, 6) is 1.37. The van der Waals surface area contributed by atoms with Crippen molar-refractivity contribution in [2.45, 2.75) is 39.5 Å². The van der Waals surface area contributed by atoms with Crippen molar-refractivity contribution in [1.82, 2.24) is 0 Å². The van der Waals surface area contributed by atoms with Crippen molar-refractivity contribution < 1.29 is 16.8 Å². The fraction of sp³-hybridized carbons (Fsp3) is 0.375. The molecule has 101 valence electrons. The van der Waals surface area contributed by atoms with Crippen LogP contribution in [0.2, 0.25) is 0 Å². The molecule has 0 unspecified atom stereocenters. The van der Waals surface area contributed by atoms with Crippen molar-refractivity contribution in [2.24, 2.45) is 0 Å². The molecule has 0 heterocycles. The molecule has 0 bridgehead atoms. The molecule has 0 N–H and O–H groups in total. The Morgan fingerprint density at radius 1 is 0.824 bits per heavy atom. The Kier molecular flexibility index (Phi) is 7.93. The average molecular weight is 273 g/mol. The summed E-state index contributed by atoms with van der Waals surface area (Å²) in [5, 5.41) is 0. The Balaban J connectivity index is 0.000000284. The molecule has 0 aromatic heterocycles. The molecule has 2 aromatic carbocycles. The summed E-state index contributed by atoms with van der Waals surface area (Å²) >= 11 is 0. The molecular weight excluding hydrogens is 251 g/mol. The van der Waals surface area contributed by atoms with Crippen LogP contribution in [-0.4, -0.2) is 0 Å². The summed E-state index contributed by atoms with van der Waals surface area (Å²) in [7, 11) is 0. The molecule has 0 fully saturated rings. The van der Waals surface area contributed by atoms with E-state index in [2.05, 4.69) is 76.2 Å². The third-order valence-electron chi connectivity index (χ3n) is 2.71. The minimum absolute atomic E-state index is 0. The van der Waals surface area contributed by atoms with Crippen molar-refractivity contribution in [3.8, 4) is 0 Å². The second kappa shape index (κ2) is 8.32. The number of rotatable bonds is 2. The molecule has 17 heavy (non-hydrogen) atoms. The third-order valence-corrected chi connectivity index (χ3v) is 2.71. The molecule has 0 aliphatic heterocycles. The molecule has 1 heteroatoms. The van der Waals surface area contributed by atoms with Crippen LogP contribution in [0, 0.1) is 0 Å². The normalized spacial score (nSPS) is 9.76. The van der Waals surface area contributed by atoms with Crippen LogP contribution in [0.15, 0.2) is 48.5 Å². The molecule has 2 aromatic rings. The maximum Gasteiger partial charge on any atom is 0 e. The van der Waals surface area contributed by atoms with Crippen LogP contribution in [0.5, 0.6) is 0 Å². The van der Waals surface area contributed by atoms with Crippen molar-refractivity contribution in [3.63, 3.8) is 0 Å². The monoisotopic (exact) mass is 273 g/mol. The van der Waals surface area contributed by atoms with Gasteiger partial charge in [0.2, 0.25) is 0 Å². The van der Waals surface area contributed by atoms with E-state index in [0.717, 1.165) is 0 Å². The van der Waals surface area contributed by atoms with Crippen LogP contribution in [0.25, 0.3) is 0 Å². The van der Waals surface area contributed by atoms with E-state index in [9.17, 15) is 0 Å². The van der Waals surface area contributed by atoms with Crippen LogP contribution < -0.4 is 0 Å². The van der Waals surface area contributed by atoms with Crippen molar-refractivity contribution in [3.05, 3.63) is 59.7 Å². The predicted molar refractivity (Wildman–Crippen MR) is 72.2 cm³/mol. The van der Waals surface area contributed by atoms with Crippen molar-refractivity contribution in [2.75, 3.05) is 0 Å². The summed E-state index contributed by atoms with van der Waals surface area (Å²) in [6.45, 7) is 8.81. The molecule has 0 atom stereocenters. The minimum atomic E-state index is 0. The first-order valence-electron chi connectivity index (χ1n) is 6.04. The molecule has 0 saturated carbocycles. The van der Waals surface area contributed by atoms with Crippen LogP contribution in [0.1, 0.15) is 50.7 Å². The van der Waals surface area contributed by atoms with Crippen LogP contribution in [0.3, 0.4) is 0 Å². The van der Waals surface area contributed by atoms with Gasteiger partial charge in [-0.2, -0.15) is 17.7 Å². The topological polar surface area (TPSA) is 0 Å². The van der Waals surface area contributed by atoms with E-state index in [1.165, 1.54) is 11.1 Å². The summed E-state index contributed by atoms with van der Waals surface area (Å²) in [4.78, 5) is 0.